The minimum absolute atomic E-state index is 0. The summed E-state index contributed by atoms with van der Waals surface area (Å²) in [6, 6.07) is 6.87. The maximum absolute atomic E-state index is 4.16. The summed E-state index contributed by atoms with van der Waals surface area (Å²) in [5.74, 6) is 0. The Morgan fingerprint density at radius 3 is 1.69 bits per heavy atom. The van der Waals surface area contributed by atoms with E-state index in [-0.39, 0.29) is 12.4 Å². The van der Waals surface area contributed by atoms with Crippen LogP contribution in [0.15, 0.2) is 30.9 Å². The van der Waals surface area contributed by atoms with E-state index < -0.39 is 0 Å². The Morgan fingerprint density at radius 2 is 1.19 bits per heavy atom. The summed E-state index contributed by atoms with van der Waals surface area (Å²) in [6.45, 7) is 18.2. The minimum atomic E-state index is 0. The third kappa shape index (κ3) is 13.0. The summed E-state index contributed by atoms with van der Waals surface area (Å²) in [5, 5.41) is 0. The van der Waals surface area contributed by atoms with Crippen molar-refractivity contribution in [2.45, 2.75) is 124 Å². The zero-order chi connectivity index (χ0) is 22.8. The third-order valence-corrected chi connectivity index (χ3v) is 7.21. The van der Waals surface area contributed by atoms with Crippen molar-refractivity contribution in [3.63, 3.8) is 0 Å². The molecule has 0 aromatic heterocycles. The zero-order valence-corrected chi connectivity index (χ0v) is 22.8. The van der Waals surface area contributed by atoms with Crippen molar-refractivity contribution in [1.29, 1.82) is 0 Å². The largest absolute Gasteiger partial charge is 1.00 e. The number of benzene rings is 1. The van der Waals surface area contributed by atoms with E-state index in [2.05, 4.69) is 58.5 Å². The SMILES string of the molecule is C=CC[N+](CCCCCC)(CCCCCCCCCCCC)Cc1cccc(C)c1C.[Cl-]. The van der Waals surface area contributed by atoms with Crippen molar-refractivity contribution in [1.82, 2.24) is 0 Å². The molecule has 0 aliphatic carbocycles. The highest BCUT2D eigenvalue weighted by Gasteiger charge is 2.26. The number of unbranched alkanes of at least 4 members (excludes halogenated alkanes) is 12. The van der Waals surface area contributed by atoms with Gasteiger partial charge in [-0.15, -0.1) is 0 Å². The molecule has 1 rings (SSSR count). The molecule has 0 aliphatic rings. The fourth-order valence-corrected chi connectivity index (χ4v) is 4.94. The maximum Gasteiger partial charge on any atom is 0.105 e. The van der Waals surface area contributed by atoms with Crippen molar-refractivity contribution in [2.24, 2.45) is 0 Å². The van der Waals surface area contributed by atoms with Crippen LogP contribution in [-0.2, 0) is 6.54 Å². The first-order valence-electron chi connectivity index (χ1n) is 13.6. The van der Waals surface area contributed by atoms with Gasteiger partial charge in [-0.2, -0.15) is 0 Å². The molecule has 0 heterocycles. The normalized spacial score (nSPS) is 12.9. The van der Waals surface area contributed by atoms with Gasteiger partial charge in [-0.3, -0.25) is 0 Å². The number of rotatable bonds is 20. The number of hydrogen-bond acceptors (Lipinski definition) is 0. The highest BCUT2D eigenvalue weighted by atomic mass is 35.5. The molecule has 1 nitrogen and oxygen atoms in total. The van der Waals surface area contributed by atoms with Gasteiger partial charge in [-0.1, -0.05) is 103 Å². The summed E-state index contributed by atoms with van der Waals surface area (Å²) in [4.78, 5) is 0. The highest BCUT2D eigenvalue weighted by molar-refractivity contribution is 5.32. The molecule has 0 saturated heterocycles. The molecule has 1 aromatic rings. The van der Waals surface area contributed by atoms with Crippen LogP contribution in [0.4, 0.5) is 0 Å². The van der Waals surface area contributed by atoms with Crippen LogP contribution in [0.2, 0.25) is 0 Å². The lowest BCUT2D eigenvalue weighted by molar-refractivity contribution is -0.936. The van der Waals surface area contributed by atoms with Gasteiger partial charge in [0.2, 0.25) is 0 Å². The second kappa shape index (κ2) is 19.7. The monoisotopic (exact) mass is 463 g/mol. The molecule has 186 valence electrons. The fourth-order valence-electron chi connectivity index (χ4n) is 4.94. The average molecular weight is 464 g/mol. The van der Waals surface area contributed by atoms with E-state index in [9.17, 15) is 0 Å². The lowest BCUT2D eigenvalue weighted by Crippen LogP contribution is -3.00. The van der Waals surface area contributed by atoms with Crippen LogP contribution in [-0.4, -0.2) is 24.1 Å². The van der Waals surface area contributed by atoms with Crippen LogP contribution in [0.1, 0.15) is 120 Å². The molecule has 0 fully saturated rings. The van der Waals surface area contributed by atoms with Gasteiger partial charge in [0.1, 0.15) is 6.54 Å². The van der Waals surface area contributed by atoms with Gasteiger partial charge in [0.25, 0.3) is 0 Å². The second-order valence-electron chi connectivity index (χ2n) is 10.0. The summed E-state index contributed by atoms with van der Waals surface area (Å²) >= 11 is 0. The van der Waals surface area contributed by atoms with Gasteiger partial charge >= 0.3 is 0 Å². The quantitative estimate of drug-likeness (QED) is 0.121. The smallest absolute Gasteiger partial charge is 0.105 e. The highest BCUT2D eigenvalue weighted by Crippen LogP contribution is 2.23. The predicted molar refractivity (Wildman–Crippen MR) is 141 cm³/mol. The van der Waals surface area contributed by atoms with Crippen molar-refractivity contribution in [3.8, 4) is 0 Å². The number of halogens is 1. The molecule has 32 heavy (non-hydrogen) atoms. The summed E-state index contributed by atoms with van der Waals surface area (Å²) in [5.41, 5.74) is 4.47. The number of hydrogen-bond donors (Lipinski definition) is 0. The summed E-state index contributed by atoms with van der Waals surface area (Å²) < 4.78 is 1.20. The topological polar surface area (TPSA) is 0 Å². The Balaban J connectivity index is 0.00000961. The minimum Gasteiger partial charge on any atom is -1.00 e. The number of quaternary nitrogens is 1. The molecule has 0 bridgehead atoms. The average Bonchev–Trinajstić information content (AvgIpc) is 2.76. The molecule has 1 aromatic carbocycles. The maximum atomic E-state index is 4.16. The van der Waals surface area contributed by atoms with Crippen molar-refractivity contribution < 1.29 is 16.9 Å². The molecular weight excluding hydrogens is 410 g/mol. The lowest BCUT2D eigenvalue weighted by Gasteiger charge is -2.39. The third-order valence-electron chi connectivity index (χ3n) is 7.21. The molecule has 0 amide bonds. The standard InChI is InChI=1S/C30H54N.ClH/c1-6-9-11-13-14-15-16-17-18-20-26-31(24-8-3,25-19-12-10-7-2)27-30-23-21-22-28(4)29(30)5;/h8,21-23H,3,6-7,9-20,24-27H2,1-2,4-5H3;1H/q+1;/p-1. The Hall–Kier alpha value is -0.790. The van der Waals surface area contributed by atoms with Crippen LogP contribution >= 0.6 is 0 Å². The molecule has 1 unspecified atom stereocenters. The van der Waals surface area contributed by atoms with Crippen LogP contribution in [0.5, 0.6) is 0 Å². The van der Waals surface area contributed by atoms with Crippen LogP contribution in [0.25, 0.3) is 0 Å². The Bertz CT molecular complexity index is 582. The second-order valence-corrected chi connectivity index (χ2v) is 10.0. The van der Waals surface area contributed by atoms with Gasteiger partial charge < -0.3 is 16.9 Å². The molecule has 0 radical (unpaired) electrons. The van der Waals surface area contributed by atoms with Gasteiger partial charge in [0.05, 0.1) is 19.6 Å². The van der Waals surface area contributed by atoms with E-state index in [4.69, 9.17) is 0 Å². The van der Waals surface area contributed by atoms with Crippen molar-refractivity contribution in [2.75, 3.05) is 19.6 Å². The summed E-state index contributed by atoms with van der Waals surface area (Å²) in [7, 11) is 0. The van der Waals surface area contributed by atoms with Gasteiger partial charge in [-0.05, 0) is 56.7 Å². The van der Waals surface area contributed by atoms with Crippen LogP contribution in [0, 0.1) is 13.8 Å². The Kier molecular flexibility index (Phi) is 19.2. The molecule has 0 aliphatic heterocycles. The van der Waals surface area contributed by atoms with Gasteiger partial charge in [0.15, 0.2) is 0 Å². The van der Waals surface area contributed by atoms with Gasteiger partial charge in [-0.25, -0.2) is 0 Å². The first-order valence-corrected chi connectivity index (χ1v) is 13.6. The van der Waals surface area contributed by atoms with E-state index in [1.165, 1.54) is 125 Å². The summed E-state index contributed by atoms with van der Waals surface area (Å²) in [6.07, 6.45) is 21.7. The lowest BCUT2D eigenvalue weighted by atomic mass is 10.0. The molecule has 0 N–H and O–H groups in total. The van der Waals surface area contributed by atoms with E-state index in [1.807, 2.05) is 0 Å². The first kappa shape index (κ1) is 31.2. The molecule has 0 spiro atoms. The number of nitrogens with zero attached hydrogens (tertiary/aromatic N) is 1. The van der Waals surface area contributed by atoms with Crippen LogP contribution in [0.3, 0.4) is 0 Å². The Morgan fingerprint density at radius 1 is 0.719 bits per heavy atom. The van der Waals surface area contributed by atoms with Crippen molar-refractivity contribution >= 4 is 0 Å². The van der Waals surface area contributed by atoms with Crippen LogP contribution < -0.4 is 12.4 Å². The molecule has 0 saturated carbocycles. The first-order chi connectivity index (χ1) is 15.1. The predicted octanol–water partition coefficient (Wildman–Crippen LogP) is 6.31. The van der Waals surface area contributed by atoms with E-state index >= 15 is 0 Å². The van der Waals surface area contributed by atoms with Crippen molar-refractivity contribution in [3.05, 3.63) is 47.5 Å². The molecular formula is C30H54ClN. The molecule has 1 atom stereocenters. The van der Waals surface area contributed by atoms with E-state index in [1.54, 1.807) is 5.56 Å². The Labute approximate surface area is 208 Å². The molecule has 2 heteroatoms. The van der Waals surface area contributed by atoms with E-state index in [0.29, 0.717) is 0 Å². The fraction of sp³-hybridized carbons (Fsp3) is 0.733. The van der Waals surface area contributed by atoms with Gasteiger partial charge in [0, 0.05) is 5.56 Å². The zero-order valence-electron chi connectivity index (χ0n) is 22.1. The van der Waals surface area contributed by atoms with E-state index in [0.717, 1.165) is 6.54 Å². The number of aryl methyl sites for hydroxylation is 1.